The van der Waals surface area contributed by atoms with Gasteiger partial charge in [-0.1, -0.05) is 30.3 Å². The number of nitrogens with one attached hydrogen (secondary N) is 1. The number of hydrogen-bond donors (Lipinski definition) is 1. The van der Waals surface area contributed by atoms with E-state index in [1.54, 1.807) is 16.8 Å². The number of hydrogen-bond acceptors (Lipinski definition) is 5. The van der Waals surface area contributed by atoms with Gasteiger partial charge in [0.05, 0.1) is 34.1 Å². The van der Waals surface area contributed by atoms with E-state index >= 15 is 0 Å². The van der Waals surface area contributed by atoms with Gasteiger partial charge in [0.15, 0.2) is 11.5 Å². The Morgan fingerprint density at radius 3 is 2.64 bits per heavy atom. The third-order valence-electron chi connectivity index (χ3n) is 4.74. The summed E-state index contributed by atoms with van der Waals surface area (Å²) in [6.45, 7) is 3.82. The molecule has 7 nitrogen and oxygen atoms in total. The molecule has 3 heterocycles. The SMILES string of the molecule is Cc1ncc(C)n2nc(-c3cc4[nH]c(-c5ccccc5)nc4cc3C#N)nc12. The highest BCUT2D eigenvalue weighted by atomic mass is 15.3. The van der Waals surface area contributed by atoms with Gasteiger partial charge < -0.3 is 4.98 Å². The van der Waals surface area contributed by atoms with Crippen molar-refractivity contribution in [3.63, 3.8) is 0 Å². The smallest absolute Gasteiger partial charge is 0.183 e. The van der Waals surface area contributed by atoms with Crippen LogP contribution in [0, 0.1) is 25.2 Å². The number of nitriles is 1. The van der Waals surface area contributed by atoms with Gasteiger partial charge in [-0.05, 0) is 26.0 Å². The summed E-state index contributed by atoms with van der Waals surface area (Å²) in [5.41, 5.74) is 6.06. The van der Waals surface area contributed by atoms with Gasteiger partial charge in [-0.2, -0.15) is 5.26 Å². The highest BCUT2D eigenvalue weighted by molar-refractivity contribution is 5.86. The number of aryl methyl sites for hydroxylation is 2. The summed E-state index contributed by atoms with van der Waals surface area (Å²) >= 11 is 0. The monoisotopic (exact) mass is 365 g/mol. The highest BCUT2D eigenvalue weighted by Crippen LogP contribution is 2.28. The molecule has 0 bridgehead atoms. The summed E-state index contributed by atoms with van der Waals surface area (Å²) in [4.78, 5) is 16.9. The summed E-state index contributed by atoms with van der Waals surface area (Å²) in [6, 6.07) is 15.8. The molecule has 0 aliphatic rings. The Labute approximate surface area is 160 Å². The van der Waals surface area contributed by atoms with Crippen molar-refractivity contribution in [1.82, 2.24) is 29.5 Å². The maximum atomic E-state index is 9.68. The zero-order valence-electron chi connectivity index (χ0n) is 15.3. The first kappa shape index (κ1) is 16.1. The first-order valence-corrected chi connectivity index (χ1v) is 8.82. The number of nitrogens with zero attached hydrogens (tertiary/aromatic N) is 6. The van der Waals surface area contributed by atoms with Crippen LogP contribution < -0.4 is 0 Å². The lowest BCUT2D eigenvalue weighted by Gasteiger charge is -1.99. The lowest BCUT2D eigenvalue weighted by molar-refractivity contribution is 0.891. The van der Waals surface area contributed by atoms with E-state index in [1.165, 1.54) is 0 Å². The minimum Gasteiger partial charge on any atom is -0.338 e. The number of imidazole rings is 1. The van der Waals surface area contributed by atoms with Crippen molar-refractivity contribution in [2.24, 2.45) is 0 Å². The van der Waals surface area contributed by atoms with Crippen LogP contribution in [-0.4, -0.2) is 29.5 Å². The molecule has 3 aromatic heterocycles. The molecule has 0 amide bonds. The third-order valence-corrected chi connectivity index (χ3v) is 4.74. The normalized spacial score (nSPS) is 11.2. The van der Waals surface area contributed by atoms with Crippen LogP contribution in [0.2, 0.25) is 0 Å². The molecule has 0 spiro atoms. The molecule has 0 radical (unpaired) electrons. The van der Waals surface area contributed by atoms with Gasteiger partial charge in [0.25, 0.3) is 0 Å². The Bertz CT molecular complexity index is 1350. The van der Waals surface area contributed by atoms with Crippen molar-refractivity contribution in [2.75, 3.05) is 0 Å². The molecule has 28 heavy (non-hydrogen) atoms. The molecule has 0 fully saturated rings. The zero-order chi connectivity index (χ0) is 19.3. The molecular weight excluding hydrogens is 350 g/mol. The fourth-order valence-electron chi connectivity index (χ4n) is 3.28. The Morgan fingerprint density at radius 1 is 1.07 bits per heavy atom. The molecule has 0 saturated carbocycles. The molecule has 1 N–H and O–H groups in total. The van der Waals surface area contributed by atoms with Crippen molar-refractivity contribution >= 4 is 16.7 Å². The molecular formula is C21H15N7. The van der Waals surface area contributed by atoms with Gasteiger partial charge in [-0.15, -0.1) is 5.10 Å². The van der Waals surface area contributed by atoms with Crippen LogP contribution in [0.15, 0.2) is 48.7 Å². The van der Waals surface area contributed by atoms with E-state index in [0.717, 1.165) is 33.8 Å². The summed E-state index contributed by atoms with van der Waals surface area (Å²) in [7, 11) is 0. The molecule has 134 valence electrons. The Balaban J connectivity index is 1.72. The Morgan fingerprint density at radius 2 is 1.89 bits per heavy atom. The number of rotatable bonds is 2. The lowest BCUT2D eigenvalue weighted by Crippen LogP contribution is -1.97. The maximum absolute atomic E-state index is 9.68. The van der Waals surface area contributed by atoms with E-state index in [9.17, 15) is 5.26 Å². The molecule has 0 aliphatic heterocycles. The predicted octanol–water partition coefficient (Wildman–Crippen LogP) is 3.82. The largest absolute Gasteiger partial charge is 0.338 e. The van der Waals surface area contributed by atoms with Crippen molar-refractivity contribution in [2.45, 2.75) is 13.8 Å². The second kappa shape index (κ2) is 5.99. The molecule has 0 saturated heterocycles. The van der Waals surface area contributed by atoms with E-state index in [0.29, 0.717) is 22.6 Å². The number of aromatic nitrogens is 6. The summed E-state index contributed by atoms with van der Waals surface area (Å²) in [6.07, 6.45) is 1.76. The quantitative estimate of drug-likeness (QED) is 0.513. The van der Waals surface area contributed by atoms with Gasteiger partial charge in [-0.25, -0.2) is 14.5 Å². The number of fused-ring (bicyclic) bond motifs is 2. The molecule has 5 aromatic rings. The minimum absolute atomic E-state index is 0.484. The van der Waals surface area contributed by atoms with Crippen molar-refractivity contribution in [3.8, 4) is 28.8 Å². The van der Waals surface area contributed by atoms with Crippen LogP contribution >= 0.6 is 0 Å². The average molecular weight is 365 g/mol. The molecule has 7 heteroatoms. The van der Waals surface area contributed by atoms with Crippen molar-refractivity contribution in [3.05, 3.63) is 65.6 Å². The molecule has 0 atom stereocenters. The Kier molecular flexibility index (Phi) is 3.46. The fourth-order valence-corrected chi connectivity index (χ4v) is 3.28. The van der Waals surface area contributed by atoms with E-state index in [-0.39, 0.29) is 0 Å². The van der Waals surface area contributed by atoms with Crippen LogP contribution in [0.4, 0.5) is 0 Å². The van der Waals surface area contributed by atoms with Crippen LogP contribution in [0.25, 0.3) is 39.5 Å². The first-order chi connectivity index (χ1) is 13.6. The van der Waals surface area contributed by atoms with Crippen LogP contribution in [0.3, 0.4) is 0 Å². The topological polar surface area (TPSA) is 95.5 Å². The second-order valence-corrected chi connectivity index (χ2v) is 6.63. The molecule has 2 aromatic carbocycles. The fraction of sp³-hybridized carbons (Fsp3) is 0.0952. The van der Waals surface area contributed by atoms with Gasteiger partial charge in [0, 0.05) is 17.3 Å². The summed E-state index contributed by atoms with van der Waals surface area (Å²) in [5.74, 6) is 1.25. The average Bonchev–Trinajstić information content (AvgIpc) is 3.35. The molecule has 0 aliphatic carbocycles. The van der Waals surface area contributed by atoms with Gasteiger partial charge in [0.2, 0.25) is 0 Å². The first-order valence-electron chi connectivity index (χ1n) is 8.82. The second-order valence-electron chi connectivity index (χ2n) is 6.63. The number of benzene rings is 2. The highest BCUT2D eigenvalue weighted by Gasteiger charge is 2.16. The van der Waals surface area contributed by atoms with E-state index < -0.39 is 0 Å². The standard InChI is InChI=1S/C21H15N7/c1-12-11-23-13(2)21-26-20(27-28(12)21)16-9-18-17(8-15(16)10-22)24-19(25-18)14-6-4-3-5-7-14/h3-9,11H,1-2H3,(H,24,25). The molecule has 0 unspecified atom stereocenters. The zero-order valence-corrected chi connectivity index (χ0v) is 15.3. The van der Waals surface area contributed by atoms with E-state index in [4.69, 9.17) is 0 Å². The van der Waals surface area contributed by atoms with Crippen LogP contribution in [-0.2, 0) is 0 Å². The maximum Gasteiger partial charge on any atom is 0.183 e. The van der Waals surface area contributed by atoms with Gasteiger partial charge >= 0.3 is 0 Å². The van der Waals surface area contributed by atoms with Gasteiger partial charge in [0.1, 0.15) is 5.82 Å². The van der Waals surface area contributed by atoms with Gasteiger partial charge in [-0.3, -0.25) is 4.98 Å². The number of H-pyrrole nitrogens is 1. The summed E-state index contributed by atoms with van der Waals surface area (Å²) < 4.78 is 1.76. The van der Waals surface area contributed by atoms with Crippen LogP contribution in [0.1, 0.15) is 17.0 Å². The minimum atomic E-state index is 0.484. The number of aromatic amines is 1. The van der Waals surface area contributed by atoms with E-state index in [2.05, 4.69) is 31.1 Å². The predicted molar refractivity (Wildman–Crippen MR) is 105 cm³/mol. The van der Waals surface area contributed by atoms with Crippen molar-refractivity contribution < 1.29 is 0 Å². The van der Waals surface area contributed by atoms with E-state index in [1.807, 2.05) is 50.2 Å². The molecule has 5 rings (SSSR count). The third kappa shape index (κ3) is 2.43. The summed E-state index contributed by atoms with van der Waals surface area (Å²) in [5, 5.41) is 14.3. The Hall–Kier alpha value is -4.05. The van der Waals surface area contributed by atoms with Crippen LogP contribution in [0.5, 0.6) is 0 Å². The van der Waals surface area contributed by atoms with Crippen molar-refractivity contribution in [1.29, 1.82) is 5.26 Å². The lowest BCUT2D eigenvalue weighted by atomic mass is 10.1.